The first-order chi connectivity index (χ1) is 12.6. The van der Waals surface area contributed by atoms with E-state index in [-0.39, 0.29) is 30.8 Å². The molecule has 0 radical (unpaired) electrons. The van der Waals surface area contributed by atoms with E-state index >= 15 is 0 Å². The van der Waals surface area contributed by atoms with E-state index in [2.05, 4.69) is 13.5 Å². The maximum Gasteiger partial charge on any atom is 0.417 e. The van der Waals surface area contributed by atoms with Crippen molar-refractivity contribution >= 4 is 0 Å². The van der Waals surface area contributed by atoms with Gasteiger partial charge in [-0.2, -0.15) is 13.2 Å². The molecule has 0 aliphatic heterocycles. The third-order valence-corrected chi connectivity index (χ3v) is 9.23. The molecular weight excluding hydrogens is 353 g/mol. The molecule has 8 atom stereocenters. The molecule has 0 amide bonds. The maximum atomic E-state index is 13.3. The summed E-state index contributed by atoms with van der Waals surface area (Å²) in [6, 6.07) is 0. The van der Waals surface area contributed by atoms with Crippen LogP contribution in [0.2, 0.25) is 0 Å². The number of halogens is 3. The number of hydrogen-bond donors (Lipinski definition) is 2. The zero-order valence-corrected chi connectivity index (χ0v) is 16.3. The van der Waals surface area contributed by atoms with Crippen molar-refractivity contribution in [2.24, 2.45) is 40.9 Å². The van der Waals surface area contributed by atoms with Gasteiger partial charge in [-0.05, 0) is 104 Å². The Hall–Kier alpha value is -0.550. The highest BCUT2D eigenvalue weighted by Gasteiger charge is 2.61. The molecule has 27 heavy (non-hydrogen) atoms. The number of aliphatic hydroxyl groups is 2. The first-order valence-corrected chi connectivity index (χ1v) is 10.7. The fraction of sp³-hybridized carbons (Fsp3) is 0.909. The smallest absolute Gasteiger partial charge is 0.392 e. The normalized spacial score (nSPS) is 49.9. The van der Waals surface area contributed by atoms with Crippen LogP contribution in [-0.2, 0) is 0 Å². The summed E-state index contributed by atoms with van der Waals surface area (Å²) in [5, 5.41) is 19.8. The molecule has 2 nitrogen and oxygen atoms in total. The molecule has 2 N–H and O–H groups in total. The van der Waals surface area contributed by atoms with Gasteiger partial charge in [0.15, 0.2) is 5.60 Å². The van der Waals surface area contributed by atoms with Gasteiger partial charge in [-0.3, -0.25) is 0 Å². The van der Waals surface area contributed by atoms with Gasteiger partial charge < -0.3 is 10.2 Å². The second kappa shape index (κ2) is 6.48. The summed E-state index contributed by atoms with van der Waals surface area (Å²) in [5.41, 5.74) is -1.32. The summed E-state index contributed by atoms with van der Waals surface area (Å²) in [6.45, 7) is 6.54. The molecule has 4 aliphatic rings. The number of rotatable bonds is 2. The monoisotopic (exact) mass is 386 g/mol. The Morgan fingerprint density at radius 2 is 1.70 bits per heavy atom. The van der Waals surface area contributed by atoms with Gasteiger partial charge >= 0.3 is 6.18 Å². The molecule has 0 heterocycles. The van der Waals surface area contributed by atoms with Gasteiger partial charge in [0.1, 0.15) is 0 Å². The summed E-state index contributed by atoms with van der Waals surface area (Å²) in [6.07, 6.45) is 2.01. The van der Waals surface area contributed by atoms with Crippen LogP contribution in [-0.4, -0.2) is 28.6 Å². The SMILES string of the molecule is C=C(CO)[C@H]1CC[C@H]2[C@@H]3CC[C@@H]4C[C@@](O)(C(F)(F)F)CC[C@@H]4C3CC[C@]12C. The Balaban J connectivity index is 1.52. The second-order valence-corrected chi connectivity index (χ2v) is 10.2. The average Bonchev–Trinajstić information content (AvgIpc) is 2.97. The Kier molecular flexibility index (Phi) is 4.74. The van der Waals surface area contributed by atoms with Crippen molar-refractivity contribution in [3.63, 3.8) is 0 Å². The van der Waals surface area contributed by atoms with Gasteiger partial charge in [0.2, 0.25) is 0 Å². The number of fused-ring (bicyclic) bond motifs is 5. The van der Waals surface area contributed by atoms with Crippen LogP contribution in [0.4, 0.5) is 13.2 Å². The van der Waals surface area contributed by atoms with Crippen molar-refractivity contribution in [2.45, 2.75) is 76.5 Å². The molecule has 1 unspecified atom stereocenters. The van der Waals surface area contributed by atoms with Crippen LogP contribution in [0.15, 0.2) is 12.2 Å². The van der Waals surface area contributed by atoms with Crippen LogP contribution in [0.1, 0.15) is 64.7 Å². The minimum Gasteiger partial charge on any atom is -0.392 e. The molecule has 0 aromatic rings. The van der Waals surface area contributed by atoms with E-state index in [0.717, 1.165) is 44.1 Å². The van der Waals surface area contributed by atoms with E-state index in [0.29, 0.717) is 36.0 Å². The molecule has 154 valence electrons. The van der Waals surface area contributed by atoms with E-state index in [4.69, 9.17) is 0 Å². The highest BCUT2D eigenvalue weighted by Crippen LogP contribution is 2.66. The van der Waals surface area contributed by atoms with Crippen LogP contribution < -0.4 is 0 Å². The third-order valence-electron chi connectivity index (χ3n) is 9.23. The molecule has 4 saturated carbocycles. The Labute approximate surface area is 160 Å². The van der Waals surface area contributed by atoms with E-state index < -0.39 is 11.8 Å². The lowest BCUT2D eigenvalue weighted by Crippen LogP contribution is -2.55. The van der Waals surface area contributed by atoms with Gasteiger partial charge in [0.25, 0.3) is 0 Å². The minimum absolute atomic E-state index is 0.0144. The Morgan fingerprint density at radius 3 is 2.37 bits per heavy atom. The highest BCUT2D eigenvalue weighted by atomic mass is 19.4. The predicted octanol–water partition coefficient (Wildman–Crippen LogP) is 5.10. The molecule has 0 aromatic carbocycles. The molecule has 0 aromatic heterocycles. The van der Waals surface area contributed by atoms with Crippen LogP contribution in [0, 0.1) is 40.9 Å². The van der Waals surface area contributed by atoms with Gasteiger partial charge in [-0.15, -0.1) is 0 Å². The topological polar surface area (TPSA) is 40.5 Å². The number of aliphatic hydroxyl groups excluding tert-OH is 1. The lowest BCUT2D eigenvalue weighted by atomic mass is 9.48. The molecule has 4 rings (SSSR count). The lowest BCUT2D eigenvalue weighted by Gasteiger charge is -2.57. The highest BCUT2D eigenvalue weighted by molar-refractivity contribution is 5.15. The lowest BCUT2D eigenvalue weighted by molar-refractivity contribution is -0.282. The molecule has 4 aliphatic carbocycles. The van der Waals surface area contributed by atoms with Gasteiger partial charge in [0.05, 0.1) is 6.61 Å². The van der Waals surface area contributed by atoms with Gasteiger partial charge in [-0.25, -0.2) is 0 Å². The van der Waals surface area contributed by atoms with Crippen LogP contribution >= 0.6 is 0 Å². The van der Waals surface area contributed by atoms with Crippen molar-refractivity contribution in [1.82, 2.24) is 0 Å². The van der Waals surface area contributed by atoms with Crippen LogP contribution in [0.5, 0.6) is 0 Å². The zero-order chi connectivity index (χ0) is 19.6. The summed E-state index contributed by atoms with van der Waals surface area (Å²) < 4.78 is 40.0. The molecule has 0 spiro atoms. The van der Waals surface area contributed by atoms with Crippen molar-refractivity contribution < 1.29 is 23.4 Å². The largest absolute Gasteiger partial charge is 0.417 e. The summed E-state index contributed by atoms with van der Waals surface area (Å²) in [5.74, 6) is 2.46. The van der Waals surface area contributed by atoms with E-state index in [9.17, 15) is 23.4 Å². The maximum absolute atomic E-state index is 13.3. The molecular formula is C22H33F3O2. The third kappa shape index (κ3) is 2.90. The van der Waals surface area contributed by atoms with E-state index in [1.165, 1.54) is 0 Å². The molecule has 0 bridgehead atoms. The Morgan fingerprint density at radius 1 is 1.00 bits per heavy atom. The van der Waals surface area contributed by atoms with E-state index in [1.807, 2.05) is 0 Å². The first-order valence-electron chi connectivity index (χ1n) is 10.7. The average molecular weight is 386 g/mol. The first kappa shape index (κ1) is 19.8. The molecule has 0 saturated heterocycles. The minimum atomic E-state index is -4.51. The zero-order valence-electron chi connectivity index (χ0n) is 16.3. The van der Waals surface area contributed by atoms with Crippen molar-refractivity contribution in [3.05, 3.63) is 12.2 Å². The summed E-state index contributed by atoms with van der Waals surface area (Å²) in [7, 11) is 0. The van der Waals surface area contributed by atoms with Crippen LogP contribution in [0.3, 0.4) is 0 Å². The fourth-order valence-corrected chi connectivity index (χ4v) is 7.92. The Bertz CT molecular complexity index is 603. The molecule has 5 heteroatoms. The summed E-state index contributed by atoms with van der Waals surface area (Å²) >= 11 is 0. The fourth-order valence-electron chi connectivity index (χ4n) is 7.92. The quantitative estimate of drug-likeness (QED) is 0.649. The molecule has 4 fully saturated rings. The number of alkyl halides is 3. The van der Waals surface area contributed by atoms with Crippen molar-refractivity contribution in [1.29, 1.82) is 0 Å². The number of hydrogen-bond acceptors (Lipinski definition) is 2. The van der Waals surface area contributed by atoms with Crippen LogP contribution in [0.25, 0.3) is 0 Å². The second-order valence-electron chi connectivity index (χ2n) is 10.2. The summed E-state index contributed by atoms with van der Waals surface area (Å²) in [4.78, 5) is 0. The van der Waals surface area contributed by atoms with Gasteiger partial charge in [-0.1, -0.05) is 13.5 Å². The van der Waals surface area contributed by atoms with E-state index in [1.54, 1.807) is 0 Å². The van der Waals surface area contributed by atoms with Crippen molar-refractivity contribution in [3.8, 4) is 0 Å². The van der Waals surface area contributed by atoms with Crippen molar-refractivity contribution in [2.75, 3.05) is 6.61 Å². The van der Waals surface area contributed by atoms with Gasteiger partial charge in [0, 0.05) is 0 Å². The standard InChI is InChI=1S/C22H33F3O2/c1-13(12-26)18-5-6-19-17-4-3-14-11-21(27,22(23,24)25)10-8-15(14)16(17)7-9-20(18,19)2/h14-19,26-27H,1,3-12H2,2H3/t14-,15+,16?,17-,18-,19+,20-,21-/m1/s1. The predicted molar refractivity (Wildman–Crippen MR) is 97.8 cm³/mol.